The van der Waals surface area contributed by atoms with E-state index in [0.29, 0.717) is 34.2 Å². The lowest BCUT2D eigenvalue weighted by Gasteiger charge is -2.25. The Bertz CT molecular complexity index is 1410. The van der Waals surface area contributed by atoms with E-state index in [0.717, 1.165) is 39.8 Å². The molecule has 0 saturated carbocycles. The number of ether oxygens (including phenoxy) is 3. The van der Waals surface area contributed by atoms with E-state index in [2.05, 4.69) is 9.88 Å². The number of carbonyl (C=O) groups excluding carboxylic acids is 1. The number of nitrogens with one attached hydrogen (secondary N) is 1. The minimum Gasteiger partial charge on any atom is -0.493 e. The number of nitrogens with zero attached hydrogens (tertiary/aromatic N) is 3. The van der Waals surface area contributed by atoms with Crippen molar-refractivity contribution in [3.63, 3.8) is 0 Å². The number of aromatic amines is 1. The van der Waals surface area contributed by atoms with Crippen LogP contribution in [0, 0.1) is 6.92 Å². The second-order valence-electron chi connectivity index (χ2n) is 8.90. The van der Waals surface area contributed by atoms with Crippen molar-refractivity contribution in [3.8, 4) is 17.2 Å². The number of Topliss-reactive ketones (excluding diaryl/α,β-unsaturated/α-hetero) is 1. The van der Waals surface area contributed by atoms with Gasteiger partial charge in [-0.15, -0.1) is 0 Å². The first kappa shape index (κ1) is 24.8. The first-order valence-corrected chi connectivity index (χ1v) is 13.1. The predicted octanol–water partition coefficient (Wildman–Crippen LogP) is 5.77. The summed E-state index contributed by atoms with van der Waals surface area (Å²) >= 11 is 1.61. The highest BCUT2D eigenvalue weighted by molar-refractivity contribution is 7.16. The van der Waals surface area contributed by atoms with Crippen molar-refractivity contribution in [2.45, 2.75) is 26.2 Å². The van der Waals surface area contributed by atoms with Gasteiger partial charge >= 0.3 is 0 Å². The Labute approximate surface area is 219 Å². The lowest BCUT2D eigenvalue weighted by Crippen LogP contribution is -2.29. The first-order valence-electron chi connectivity index (χ1n) is 12.3. The summed E-state index contributed by atoms with van der Waals surface area (Å²) in [5.41, 5.74) is 3.37. The van der Waals surface area contributed by atoms with Crippen molar-refractivity contribution in [2.75, 3.05) is 39.3 Å². The number of rotatable bonds is 8. The molecule has 0 amide bonds. The van der Waals surface area contributed by atoms with Crippen molar-refractivity contribution in [1.82, 2.24) is 15.0 Å². The lowest BCUT2D eigenvalue weighted by molar-refractivity contribution is 0.105. The fourth-order valence-corrected chi connectivity index (χ4v) is 5.63. The van der Waals surface area contributed by atoms with Crippen LogP contribution in [0.3, 0.4) is 0 Å². The molecule has 5 rings (SSSR count). The number of aryl methyl sites for hydroxylation is 1. The van der Waals surface area contributed by atoms with Gasteiger partial charge in [0, 0.05) is 18.7 Å². The van der Waals surface area contributed by atoms with Crippen LogP contribution in [-0.2, 0) is 0 Å². The maximum atomic E-state index is 14.1. The van der Waals surface area contributed by atoms with Gasteiger partial charge < -0.3 is 24.1 Å². The number of ketones is 1. The molecule has 0 unspecified atom stereocenters. The fourth-order valence-electron chi connectivity index (χ4n) is 4.57. The Balaban J connectivity index is 1.63. The van der Waals surface area contributed by atoms with E-state index in [1.54, 1.807) is 23.5 Å². The zero-order chi connectivity index (χ0) is 25.9. The summed E-state index contributed by atoms with van der Waals surface area (Å²) < 4.78 is 16.4. The van der Waals surface area contributed by atoms with Crippen molar-refractivity contribution < 1.29 is 19.0 Å². The molecule has 3 heterocycles. The first-order chi connectivity index (χ1) is 18.0. The maximum absolute atomic E-state index is 14.1. The van der Waals surface area contributed by atoms with E-state index in [9.17, 15) is 4.79 Å². The van der Waals surface area contributed by atoms with E-state index in [1.807, 2.05) is 37.3 Å². The summed E-state index contributed by atoms with van der Waals surface area (Å²) in [7, 11) is 4.60. The van der Waals surface area contributed by atoms with Gasteiger partial charge in [-0.05, 0) is 56.5 Å². The highest BCUT2D eigenvalue weighted by Crippen LogP contribution is 2.40. The van der Waals surface area contributed by atoms with E-state index < -0.39 is 0 Å². The highest BCUT2D eigenvalue weighted by atomic mass is 32.1. The van der Waals surface area contributed by atoms with Crippen LogP contribution in [-0.4, -0.2) is 55.2 Å². The van der Waals surface area contributed by atoms with Crippen molar-refractivity contribution in [1.29, 1.82) is 0 Å². The van der Waals surface area contributed by atoms with Gasteiger partial charge in [-0.25, -0.2) is 9.97 Å². The molecule has 2 aromatic carbocycles. The average Bonchev–Trinajstić information content (AvgIpc) is 3.54. The number of allylic oxidation sites excluding steroid dienone is 1. The topological polar surface area (TPSA) is 89.6 Å². The molecule has 1 saturated heterocycles. The van der Waals surface area contributed by atoms with Crippen LogP contribution >= 0.6 is 11.3 Å². The van der Waals surface area contributed by atoms with Gasteiger partial charge in [0.15, 0.2) is 22.4 Å². The summed E-state index contributed by atoms with van der Waals surface area (Å²) in [5.74, 6) is 1.53. The van der Waals surface area contributed by atoms with Crippen LogP contribution in [0.15, 0.2) is 36.4 Å². The quantitative estimate of drug-likeness (QED) is 0.234. The zero-order valence-electron chi connectivity index (χ0n) is 21.5. The number of imidazole rings is 1. The second kappa shape index (κ2) is 10.6. The van der Waals surface area contributed by atoms with Gasteiger partial charge in [0.25, 0.3) is 0 Å². The summed E-state index contributed by atoms with van der Waals surface area (Å²) in [5, 5.41) is 0.993. The average molecular weight is 519 g/mol. The predicted molar refractivity (Wildman–Crippen MR) is 147 cm³/mol. The Morgan fingerprint density at radius 3 is 2.35 bits per heavy atom. The molecule has 37 heavy (non-hydrogen) atoms. The molecule has 0 radical (unpaired) electrons. The number of fused-ring (bicyclic) bond motifs is 1. The third-order valence-electron chi connectivity index (χ3n) is 6.54. The molecule has 8 nitrogen and oxygen atoms in total. The molecule has 9 heteroatoms. The second-order valence-corrected chi connectivity index (χ2v) is 9.91. The molecule has 0 aliphatic carbocycles. The molecule has 1 fully saturated rings. The molecular formula is C28H30N4O4S. The van der Waals surface area contributed by atoms with Crippen LogP contribution in [0.2, 0.25) is 0 Å². The number of benzene rings is 2. The minimum absolute atomic E-state index is 0.217. The zero-order valence-corrected chi connectivity index (χ0v) is 22.3. The van der Waals surface area contributed by atoms with Gasteiger partial charge in [0.05, 0.1) is 48.5 Å². The summed E-state index contributed by atoms with van der Waals surface area (Å²) in [6, 6.07) is 11.1. The van der Waals surface area contributed by atoms with E-state index in [1.165, 1.54) is 40.6 Å². The standard InChI is InChI=1S/C28H30N4O4S/c1-17-24(37-28(29-17)32-12-8-5-9-13-32)16-19(27-30-20-10-6-7-11-21(20)31-27)25(33)18-14-22(34-2)26(36-4)23(15-18)35-3/h6-7,10-11,14-16H,5,8-9,12-13H2,1-4H3,(H,30,31). The number of H-pyrrole nitrogens is 1. The van der Waals surface area contributed by atoms with Crippen molar-refractivity contribution in [2.24, 2.45) is 0 Å². The molecule has 0 spiro atoms. The number of methoxy groups -OCH3 is 3. The van der Waals surface area contributed by atoms with E-state index in [-0.39, 0.29) is 5.78 Å². The monoisotopic (exact) mass is 518 g/mol. The molecule has 0 bridgehead atoms. The van der Waals surface area contributed by atoms with Crippen molar-refractivity contribution in [3.05, 3.63) is 58.4 Å². The summed E-state index contributed by atoms with van der Waals surface area (Å²) in [6.07, 6.45) is 5.50. The van der Waals surface area contributed by atoms with Gasteiger partial charge in [0.1, 0.15) is 5.82 Å². The lowest BCUT2D eigenvalue weighted by atomic mass is 10.0. The van der Waals surface area contributed by atoms with E-state index in [4.69, 9.17) is 24.2 Å². The number of thiazole rings is 1. The fraction of sp³-hybridized carbons (Fsp3) is 0.321. The largest absolute Gasteiger partial charge is 0.493 e. The SMILES string of the molecule is COc1cc(C(=O)C(=Cc2sc(N3CCCCC3)nc2C)c2nc3ccccc3[nH]2)cc(OC)c1OC. The van der Waals surface area contributed by atoms with Crippen LogP contribution in [0.4, 0.5) is 5.13 Å². The molecule has 4 aromatic rings. The maximum Gasteiger partial charge on any atom is 0.203 e. The van der Waals surface area contributed by atoms with Crippen LogP contribution in [0.1, 0.15) is 46.0 Å². The minimum atomic E-state index is -0.217. The molecular weight excluding hydrogens is 488 g/mol. The van der Waals surface area contributed by atoms with Gasteiger partial charge in [0.2, 0.25) is 5.75 Å². The molecule has 0 atom stereocenters. The third kappa shape index (κ3) is 4.91. The number of carbonyl (C=O) groups is 1. The molecule has 2 aromatic heterocycles. The molecule has 1 N–H and O–H groups in total. The molecule has 192 valence electrons. The molecule has 1 aliphatic rings. The highest BCUT2D eigenvalue weighted by Gasteiger charge is 2.24. The number of hydrogen-bond acceptors (Lipinski definition) is 8. The Morgan fingerprint density at radius 1 is 1.00 bits per heavy atom. The summed E-state index contributed by atoms with van der Waals surface area (Å²) in [4.78, 5) is 30.2. The number of aromatic nitrogens is 3. The van der Waals surface area contributed by atoms with Crippen molar-refractivity contribution >= 4 is 44.9 Å². The van der Waals surface area contributed by atoms with E-state index >= 15 is 0 Å². The number of anilines is 1. The Morgan fingerprint density at radius 2 is 1.70 bits per heavy atom. The van der Waals surface area contributed by atoms with Gasteiger partial charge in [-0.2, -0.15) is 0 Å². The van der Waals surface area contributed by atoms with Gasteiger partial charge in [-0.3, -0.25) is 4.79 Å². The third-order valence-corrected chi connectivity index (χ3v) is 7.70. The molecule has 1 aliphatic heterocycles. The smallest absolute Gasteiger partial charge is 0.203 e. The van der Waals surface area contributed by atoms with Crippen LogP contribution < -0.4 is 19.1 Å². The normalized spacial score (nSPS) is 14.2. The van der Waals surface area contributed by atoms with Crippen LogP contribution in [0.25, 0.3) is 22.7 Å². The Hall–Kier alpha value is -3.85. The van der Waals surface area contributed by atoms with Crippen LogP contribution in [0.5, 0.6) is 17.2 Å². The number of hydrogen-bond donors (Lipinski definition) is 1. The van der Waals surface area contributed by atoms with Gasteiger partial charge in [-0.1, -0.05) is 23.5 Å². The number of piperidine rings is 1. The summed E-state index contributed by atoms with van der Waals surface area (Å²) in [6.45, 7) is 4.00. The Kier molecular flexibility index (Phi) is 7.14. The number of para-hydroxylation sites is 2.